The minimum Gasteiger partial charge on any atom is -0.396 e. The average Bonchev–Trinajstić information content (AvgIpc) is 3.06. The number of piperidine rings is 1. The van der Waals surface area contributed by atoms with Crippen LogP contribution >= 0.6 is 11.3 Å². The van der Waals surface area contributed by atoms with E-state index in [1.54, 1.807) is 11.3 Å². The standard InChI is InChI=1S/C14H22N4OS/c1-2-15-9-12-13(16-14-18(12)7-8-20-14)17-5-3-11(10-19)4-6-17/h7-8,11,15,19H,2-6,9-10H2,1H3. The molecular formula is C14H22N4OS. The van der Waals surface area contributed by atoms with Crippen LogP contribution in [0.4, 0.5) is 5.82 Å². The van der Waals surface area contributed by atoms with Crippen LogP contribution in [-0.2, 0) is 6.54 Å². The van der Waals surface area contributed by atoms with Gasteiger partial charge in [0.1, 0.15) is 0 Å². The van der Waals surface area contributed by atoms with E-state index in [2.05, 4.69) is 33.1 Å². The Labute approximate surface area is 123 Å². The Hall–Kier alpha value is -1.11. The Morgan fingerprint density at radius 3 is 2.95 bits per heavy atom. The number of nitrogens with zero attached hydrogens (tertiary/aromatic N) is 3. The van der Waals surface area contributed by atoms with Crippen LogP contribution in [0.3, 0.4) is 0 Å². The number of thiazole rings is 1. The Morgan fingerprint density at radius 2 is 2.25 bits per heavy atom. The summed E-state index contributed by atoms with van der Waals surface area (Å²) in [6, 6.07) is 0. The fourth-order valence-corrected chi connectivity index (χ4v) is 3.54. The maximum absolute atomic E-state index is 9.25. The van der Waals surface area contributed by atoms with Crippen LogP contribution in [0.2, 0.25) is 0 Å². The van der Waals surface area contributed by atoms with Crippen molar-refractivity contribution >= 4 is 22.1 Å². The lowest BCUT2D eigenvalue weighted by Crippen LogP contribution is -2.35. The summed E-state index contributed by atoms with van der Waals surface area (Å²) in [5, 5.41) is 14.7. The molecule has 0 bridgehead atoms. The molecule has 3 rings (SSSR count). The largest absolute Gasteiger partial charge is 0.396 e. The smallest absolute Gasteiger partial charge is 0.195 e. The fourth-order valence-electron chi connectivity index (χ4n) is 2.81. The molecule has 0 radical (unpaired) electrons. The van der Waals surface area contributed by atoms with Crippen molar-refractivity contribution < 1.29 is 5.11 Å². The number of hydrogen-bond acceptors (Lipinski definition) is 5. The van der Waals surface area contributed by atoms with E-state index in [9.17, 15) is 5.11 Å². The highest BCUT2D eigenvalue weighted by Gasteiger charge is 2.23. The quantitative estimate of drug-likeness (QED) is 0.881. The van der Waals surface area contributed by atoms with Gasteiger partial charge < -0.3 is 15.3 Å². The highest BCUT2D eigenvalue weighted by atomic mass is 32.1. The summed E-state index contributed by atoms with van der Waals surface area (Å²) in [4.78, 5) is 8.25. The van der Waals surface area contributed by atoms with Crippen LogP contribution in [0.5, 0.6) is 0 Å². The average molecular weight is 294 g/mol. The molecule has 110 valence electrons. The molecule has 1 aliphatic rings. The number of aromatic nitrogens is 2. The zero-order valence-corrected chi connectivity index (χ0v) is 12.7. The second-order valence-electron chi connectivity index (χ2n) is 5.33. The van der Waals surface area contributed by atoms with Crippen molar-refractivity contribution in [2.45, 2.75) is 26.3 Å². The van der Waals surface area contributed by atoms with Gasteiger partial charge in [0.2, 0.25) is 0 Å². The van der Waals surface area contributed by atoms with Gasteiger partial charge >= 0.3 is 0 Å². The van der Waals surface area contributed by atoms with Gasteiger partial charge in [0.25, 0.3) is 0 Å². The predicted molar refractivity (Wildman–Crippen MR) is 82.5 cm³/mol. The molecule has 0 amide bonds. The lowest BCUT2D eigenvalue weighted by atomic mass is 9.98. The molecule has 20 heavy (non-hydrogen) atoms. The Kier molecular flexibility index (Phi) is 4.24. The molecule has 6 heteroatoms. The van der Waals surface area contributed by atoms with Crippen molar-refractivity contribution in [2.75, 3.05) is 31.1 Å². The summed E-state index contributed by atoms with van der Waals surface area (Å²) in [5.41, 5.74) is 1.26. The molecule has 0 saturated carbocycles. The second-order valence-corrected chi connectivity index (χ2v) is 6.20. The van der Waals surface area contributed by atoms with Crippen molar-refractivity contribution in [3.05, 3.63) is 17.3 Å². The third-order valence-electron chi connectivity index (χ3n) is 4.05. The summed E-state index contributed by atoms with van der Waals surface area (Å²) in [5.74, 6) is 1.58. The van der Waals surface area contributed by atoms with Gasteiger partial charge in [0.15, 0.2) is 10.8 Å². The number of nitrogens with one attached hydrogen (secondary N) is 1. The molecule has 5 nitrogen and oxygen atoms in total. The third-order valence-corrected chi connectivity index (χ3v) is 4.81. The fraction of sp³-hybridized carbons (Fsp3) is 0.643. The molecule has 1 fully saturated rings. The summed E-state index contributed by atoms with van der Waals surface area (Å²) >= 11 is 1.68. The van der Waals surface area contributed by atoms with Gasteiger partial charge in [-0.25, -0.2) is 4.98 Å². The topological polar surface area (TPSA) is 52.8 Å². The van der Waals surface area contributed by atoms with Gasteiger partial charge in [-0.3, -0.25) is 4.40 Å². The van der Waals surface area contributed by atoms with Crippen molar-refractivity contribution in [1.82, 2.24) is 14.7 Å². The number of hydrogen-bond donors (Lipinski definition) is 2. The summed E-state index contributed by atoms with van der Waals surface area (Å²) in [7, 11) is 0. The third kappa shape index (κ3) is 2.55. The molecule has 0 unspecified atom stereocenters. The Bertz CT molecular complexity index is 557. The number of rotatable bonds is 5. The van der Waals surface area contributed by atoms with Crippen LogP contribution < -0.4 is 10.2 Å². The van der Waals surface area contributed by atoms with Crippen LogP contribution in [0.1, 0.15) is 25.5 Å². The zero-order valence-electron chi connectivity index (χ0n) is 11.9. The van der Waals surface area contributed by atoms with E-state index in [1.807, 2.05) is 0 Å². The van der Waals surface area contributed by atoms with E-state index in [0.29, 0.717) is 12.5 Å². The second kappa shape index (κ2) is 6.11. The highest BCUT2D eigenvalue weighted by Crippen LogP contribution is 2.28. The first-order chi connectivity index (χ1) is 9.83. The van der Waals surface area contributed by atoms with Crippen molar-refractivity contribution in [2.24, 2.45) is 5.92 Å². The minimum atomic E-state index is 0.316. The van der Waals surface area contributed by atoms with E-state index < -0.39 is 0 Å². The lowest BCUT2D eigenvalue weighted by molar-refractivity contribution is 0.202. The van der Waals surface area contributed by atoms with Crippen molar-refractivity contribution in [3.63, 3.8) is 0 Å². The van der Waals surface area contributed by atoms with E-state index in [4.69, 9.17) is 4.98 Å². The SMILES string of the molecule is CCNCc1c(N2CCC(CO)CC2)nc2sccn12. The monoisotopic (exact) mass is 294 g/mol. The number of fused-ring (bicyclic) bond motifs is 1. The van der Waals surface area contributed by atoms with Gasteiger partial charge in [-0.1, -0.05) is 6.92 Å². The lowest BCUT2D eigenvalue weighted by Gasteiger charge is -2.32. The highest BCUT2D eigenvalue weighted by molar-refractivity contribution is 7.15. The molecule has 2 aromatic heterocycles. The number of anilines is 1. The van der Waals surface area contributed by atoms with Gasteiger partial charge in [-0.05, 0) is 25.3 Å². The molecule has 0 spiro atoms. The van der Waals surface area contributed by atoms with Gasteiger partial charge in [0, 0.05) is 37.8 Å². The Balaban J connectivity index is 1.84. The van der Waals surface area contributed by atoms with Crippen molar-refractivity contribution in [1.29, 1.82) is 0 Å². The molecule has 3 heterocycles. The normalized spacial score (nSPS) is 17.2. The minimum absolute atomic E-state index is 0.316. The maximum atomic E-state index is 9.25. The number of aliphatic hydroxyl groups excluding tert-OH is 1. The predicted octanol–water partition coefficient (Wildman–Crippen LogP) is 1.71. The van der Waals surface area contributed by atoms with Crippen LogP contribution in [0.25, 0.3) is 4.96 Å². The van der Waals surface area contributed by atoms with Crippen LogP contribution in [0, 0.1) is 5.92 Å². The molecule has 0 aliphatic carbocycles. The summed E-state index contributed by atoms with van der Waals surface area (Å²) in [6.45, 7) is 6.24. The van der Waals surface area contributed by atoms with E-state index in [-0.39, 0.29) is 0 Å². The number of aliphatic hydroxyl groups is 1. The molecule has 1 aliphatic heterocycles. The van der Waals surface area contributed by atoms with Crippen molar-refractivity contribution in [3.8, 4) is 0 Å². The summed E-state index contributed by atoms with van der Waals surface area (Å²) < 4.78 is 2.20. The molecule has 2 N–H and O–H groups in total. The molecule has 0 aromatic carbocycles. The van der Waals surface area contributed by atoms with E-state index >= 15 is 0 Å². The first kappa shape index (κ1) is 13.9. The molecule has 2 aromatic rings. The van der Waals surface area contributed by atoms with Gasteiger partial charge in [0.05, 0.1) is 5.69 Å². The van der Waals surface area contributed by atoms with E-state index in [0.717, 1.165) is 49.8 Å². The molecular weight excluding hydrogens is 272 g/mol. The maximum Gasteiger partial charge on any atom is 0.195 e. The molecule has 1 saturated heterocycles. The van der Waals surface area contributed by atoms with Gasteiger partial charge in [-0.15, -0.1) is 11.3 Å². The summed E-state index contributed by atoms with van der Waals surface area (Å²) in [6.07, 6.45) is 4.22. The zero-order chi connectivity index (χ0) is 13.9. The molecule has 0 atom stereocenters. The number of imidazole rings is 1. The van der Waals surface area contributed by atoms with E-state index in [1.165, 1.54) is 5.69 Å². The Morgan fingerprint density at radius 1 is 1.45 bits per heavy atom. The van der Waals surface area contributed by atoms with Gasteiger partial charge in [-0.2, -0.15) is 0 Å². The van der Waals surface area contributed by atoms with Crippen LogP contribution in [-0.4, -0.2) is 40.7 Å². The first-order valence-corrected chi connectivity index (χ1v) is 8.22. The first-order valence-electron chi connectivity index (χ1n) is 7.34. The van der Waals surface area contributed by atoms with Crippen LogP contribution in [0.15, 0.2) is 11.6 Å².